The van der Waals surface area contributed by atoms with E-state index in [1.165, 1.54) is 5.19 Å². The zero-order valence-electron chi connectivity index (χ0n) is 14.1. The number of benzene rings is 1. The highest BCUT2D eigenvalue weighted by molar-refractivity contribution is 9.09. The highest BCUT2D eigenvalue weighted by atomic mass is 79.9. The van der Waals surface area contributed by atoms with Crippen LogP contribution in [0.2, 0.25) is 19.6 Å². The van der Waals surface area contributed by atoms with Crippen LogP contribution in [0.3, 0.4) is 0 Å². The van der Waals surface area contributed by atoms with Gasteiger partial charge in [0.15, 0.2) is 0 Å². The van der Waals surface area contributed by atoms with Crippen molar-refractivity contribution in [1.29, 1.82) is 0 Å². The first-order valence-electron chi connectivity index (χ1n) is 7.55. The number of ether oxygens (including phenoxy) is 1. The van der Waals surface area contributed by atoms with Crippen molar-refractivity contribution in [3.05, 3.63) is 29.8 Å². The van der Waals surface area contributed by atoms with E-state index in [1.807, 2.05) is 13.8 Å². The van der Waals surface area contributed by atoms with E-state index in [9.17, 15) is 9.18 Å². The molecule has 0 aliphatic rings. The van der Waals surface area contributed by atoms with Crippen molar-refractivity contribution in [1.82, 2.24) is 0 Å². The minimum absolute atomic E-state index is 0.0658. The van der Waals surface area contributed by atoms with E-state index in [2.05, 4.69) is 59.8 Å². The summed E-state index contributed by atoms with van der Waals surface area (Å²) in [4.78, 5) is 12.0. The van der Waals surface area contributed by atoms with Gasteiger partial charge in [0.05, 0.1) is 13.5 Å². The summed E-state index contributed by atoms with van der Waals surface area (Å²) in [5.74, 6) is -0.353. The third-order valence-electron chi connectivity index (χ3n) is 3.69. The van der Waals surface area contributed by atoms with E-state index >= 15 is 0 Å². The Bertz CT molecular complexity index is 494. The Morgan fingerprint density at radius 2 is 1.82 bits per heavy atom. The topological polar surface area (TPSA) is 26.3 Å². The smallest absolute Gasteiger partial charge is 0.311 e. The molecule has 22 heavy (non-hydrogen) atoms. The zero-order valence-corrected chi connectivity index (χ0v) is 16.7. The van der Waals surface area contributed by atoms with Crippen molar-refractivity contribution in [2.24, 2.45) is 5.41 Å². The molecule has 0 saturated heterocycles. The van der Waals surface area contributed by atoms with Gasteiger partial charge in [-0.05, 0) is 25.8 Å². The summed E-state index contributed by atoms with van der Waals surface area (Å²) in [6.07, 6.45) is 0.602. The molecule has 5 heteroatoms. The standard InChI is InChI=1S/C17H26BrFO2Si/c1-17(2,16(20)21-11-10-19)12-15(18)13-6-8-14(9-7-13)22(3,4)5/h6-9,15H,10-12H2,1-5H3. The van der Waals surface area contributed by atoms with Crippen LogP contribution in [-0.2, 0) is 9.53 Å². The lowest BCUT2D eigenvalue weighted by atomic mass is 9.86. The highest BCUT2D eigenvalue weighted by Crippen LogP contribution is 2.36. The summed E-state index contributed by atoms with van der Waals surface area (Å²) < 4.78 is 17.0. The predicted molar refractivity (Wildman–Crippen MR) is 96.4 cm³/mol. The minimum Gasteiger partial charge on any atom is -0.462 e. The van der Waals surface area contributed by atoms with Crippen molar-refractivity contribution in [3.63, 3.8) is 0 Å². The summed E-state index contributed by atoms with van der Waals surface area (Å²) >= 11 is 3.66. The molecule has 0 saturated carbocycles. The molecule has 1 atom stereocenters. The summed E-state index contributed by atoms with van der Waals surface area (Å²) in [6, 6.07) is 8.61. The average molecular weight is 389 g/mol. The Morgan fingerprint density at radius 3 is 2.27 bits per heavy atom. The van der Waals surface area contributed by atoms with Crippen LogP contribution in [0.1, 0.15) is 30.7 Å². The van der Waals surface area contributed by atoms with Crippen molar-refractivity contribution in [2.45, 2.75) is 44.7 Å². The second kappa shape index (κ2) is 7.73. The Labute approximate surface area is 142 Å². The molecule has 0 aliphatic carbocycles. The predicted octanol–water partition coefficient (Wildman–Crippen LogP) is 4.60. The number of alkyl halides is 2. The Morgan fingerprint density at radius 1 is 1.27 bits per heavy atom. The van der Waals surface area contributed by atoms with Crippen LogP contribution in [-0.4, -0.2) is 27.3 Å². The lowest BCUT2D eigenvalue weighted by molar-refractivity contribution is -0.154. The molecular weight excluding hydrogens is 363 g/mol. The molecule has 0 aromatic heterocycles. The third-order valence-corrected chi connectivity index (χ3v) is 6.61. The number of rotatable bonds is 7. The first-order valence-corrected chi connectivity index (χ1v) is 12.0. The van der Waals surface area contributed by atoms with Gasteiger partial charge in [0.1, 0.15) is 13.3 Å². The van der Waals surface area contributed by atoms with Crippen molar-refractivity contribution in [3.8, 4) is 0 Å². The molecule has 124 valence electrons. The van der Waals surface area contributed by atoms with Gasteiger partial charge in [0.2, 0.25) is 0 Å². The van der Waals surface area contributed by atoms with Crippen LogP contribution in [0.4, 0.5) is 4.39 Å². The number of carbonyl (C=O) groups excluding carboxylic acids is 1. The van der Waals surface area contributed by atoms with Gasteiger partial charge in [-0.2, -0.15) is 0 Å². The van der Waals surface area contributed by atoms with E-state index < -0.39 is 20.2 Å². The molecule has 2 nitrogen and oxygen atoms in total. The molecule has 0 amide bonds. The molecule has 0 spiro atoms. The number of hydrogen-bond donors (Lipinski definition) is 0. The average Bonchev–Trinajstić information content (AvgIpc) is 2.43. The number of hydrogen-bond acceptors (Lipinski definition) is 2. The van der Waals surface area contributed by atoms with Crippen LogP contribution in [0.5, 0.6) is 0 Å². The van der Waals surface area contributed by atoms with Crippen LogP contribution in [0, 0.1) is 5.41 Å². The molecule has 0 bridgehead atoms. The van der Waals surface area contributed by atoms with Gasteiger partial charge >= 0.3 is 5.97 Å². The summed E-state index contributed by atoms with van der Waals surface area (Å²) in [6.45, 7) is 9.81. The highest BCUT2D eigenvalue weighted by Gasteiger charge is 2.32. The fourth-order valence-corrected chi connectivity index (χ4v) is 4.45. The Balaban J connectivity index is 2.75. The van der Waals surface area contributed by atoms with Crippen LogP contribution >= 0.6 is 15.9 Å². The Hall–Kier alpha value is -0.683. The lowest BCUT2D eigenvalue weighted by Crippen LogP contribution is -2.37. The molecule has 1 rings (SSSR count). The Kier molecular flexibility index (Phi) is 6.80. The number of carbonyl (C=O) groups is 1. The van der Waals surface area contributed by atoms with Crippen molar-refractivity contribution < 1.29 is 13.9 Å². The minimum atomic E-state index is -1.30. The quantitative estimate of drug-likeness (QED) is 0.387. The van der Waals surface area contributed by atoms with Crippen molar-refractivity contribution >= 4 is 35.2 Å². The summed E-state index contributed by atoms with van der Waals surface area (Å²) in [7, 11) is -1.30. The van der Waals surface area contributed by atoms with Crippen LogP contribution in [0.25, 0.3) is 0 Å². The summed E-state index contributed by atoms with van der Waals surface area (Å²) in [5.41, 5.74) is 0.495. The maximum absolute atomic E-state index is 12.1. The van der Waals surface area contributed by atoms with Gasteiger partial charge < -0.3 is 4.74 Å². The number of esters is 1. The summed E-state index contributed by atoms with van der Waals surface area (Å²) in [5, 5.41) is 1.41. The lowest BCUT2D eigenvalue weighted by Gasteiger charge is -2.25. The monoisotopic (exact) mass is 388 g/mol. The SMILES string of the molecule is CC(C)(CC(Br)c1ccc([Si](C)(C)C)cc1)C(=O)OCCF. The first-order chi connectivity index (χ1) is 10.1. The second-order valence-corrected chi connectivity index (χ2v) is 13.4. The largest absolute Gasteiger partial charge is 0.462 e. The van der Waals surface area contributed by atoms with Gasteiger partial charge in [0, 0.05) is 4.83 Å². The normalized spacial score (nSPS) is 13.8. The molecule has 0 N–H and O–H groups in total. The van der Waals surface area contributed by atoms with Crippen LogP contribution < -0.4 is 5.19 Å². The van der Waals surface area contributed by atoms with Gasteiger partial charge in [-0.15, -0.1) is 0 Å². The molecular formula is C17H26BrFO2Si. The van der Waals surface area contributed by atoms with Gasteiger partial charge in [0.25, 0.3) is 0 Å². The molecule has 1 unspecified atom stereocenters. The van der Waals surface area contributed by atoms with E-state index in [0.29, 0.717) is 6.42 Å². The maximum atomic E-state index is 12.1. The first kappa shape index (κ1) is 19.4. The van der Waals surface area contributed by atoms with E-state index in [1.54, 1.807) is 0 Å². The zero-order chi connectivity index (χ0) is 17.0. The maximum Gasteiger partial charge on any atom is 0.311 e. The number of halogens is 2. The molecule has 0 fully saturated rings. The van der Waals surface area contributed by atoms with Crippen LogP contribution in [0.15, 0.2) is 24.3 Å². The van der Waals surface area contributed by atoms with Gasteiger partial charge in [-0.1, -0.05) is 65.0 Å². The second-order valence-electron chi connectivity index (χ2n) is 7.25. The molecule has 1 aromatic carbocycles. The molecule has 1 aromatic rings. The molecule has 0 aliphatic heterocycles. The van der Waals surface area contributed by atoms with E-state index in [4.69, 9.17) is 4.74 Å². The third kappa shape index (κ3) is 5.50. The molecule has 0 heterocycles. The van der Waals surface area contributed by atoms with Gasteiger partial charge in [-0.25, -0.2) is 4.39 Å². The van der Waals surface area contributed by atoms with E-state index in [0.717, 1.165) is 5.56 Å². The van der Waals surface area contributed by atoms with E-state index in [-0.39, 0.29) is 17.4 Å². The fourth-order valence-electron chi connectivity index (χ4n) is 2.17. The van der Waals surface area contributed by atoms with Gasteiger partial charge in [-0.3, -0.25) is 4.79 Å². The fraction of sp³-hybridized carbons (Fsp3) is 0.588. The molecule has 0 radical (unpaired) electrons. The van der Waals surface area contributed by atoms with Crippen molar-refractivity contribution in [2.75, 3.05) is 13.3 Å².